The fourth-order valence-electron chi connectivity index (χ4n) is 3.79. The van der Waals surface area contributed by atoms with E-state index in [9.17, 15) is 22.8 Å². The number of hydrogen-bond donors (Lipinski definition) is 2. The van der Waals surface area contributed by atoms with Gasteiger partial charge >= 0.3 is 0 Å². The van der Waals surface area contributed by atoms with Gasteiger partial charge in [0.05, 0.1) is 27.2 Å². The van der Waals surface area contributed by atoms with Gasteiger partial charge in [0.2, 0.25) is 5.91 Å². The second-order valence-corrected chi connectivity index (χ2v) is 10.3. The summed E-state index contributed by atoms with van der Waals surface area (Å²) in [5.74, 6) is -5.29. The molecule has 0 unspecified atom stereocenters. The van der Waals surface area contributed by atoms with Gasteiger partial charge in [0.1, 0.15) is 21.8 Å². The molecule has 2 amide bonds. The third kappa shape index (κ3) is 5.20. The number of amides is 2. The lowest BCUT2D eigenvalue weighted by atomic mass is 10.1. The van der Waals surface area contributed by atoms with Crippen molar-refractivity contribution < 1.29 is 22.8 Å². The number of hydrogen-bond acceptors (Lipinski definition) is 2. The Hall–Kier alpha value is -2.71. The van der Waals surface area contributed by atoms with Gasteiger partial charge in [0, 0.05) is 23.2 Å². The van der Waals surface area contributed by atoms with Crippen molar-refractivity contribution in [1.29, 1.82) is 0 Å². The Kier molecular flexibility index (Phi) is 7.30. The summed E-state index contributed by atoms with van der Waals surface area (Å²) in [4.78, 5) is 25.6. The maximum Gasteiger partial charge on any atom is 0.257 e. The van der Waals surface area contributed by atoms with Crippen LogP contribution in [0.2, 0.25) is 10.0 Å². The predicted octanol–water partition coefficient (Wildman–Crippen LogP) is 7.99. The molecule has 0 aromatic heterocycles. The minimum Gasteiger partial charge on any atom is -0.326 e. The molecule has 4 rings (SSSR count). The zero-order valence-electron chi connectivity index (χ0n) is 18.0. The van der Waals surface area contributed by atoms with Crippen molar-refractivity contribution in [3.05, 3.63) is 99.5 Å². The van der Waals surface area contributed by atoms with Crippen molar-refractivity contribution in [1.82, 2.24) is 0 Å². The molecule has 3 aromatic carbocycles. The third-order valence-electron chi connectivity index (χ3n) is 5.64. The molecule has 0 saturated heterocycles. The second kappa shape index (κ2) is 9.98. The van der Waals surface area contributed by atoms with Gasteiger partial charge in [-0.05, 0) is 42.0 Å². The fourth-order valence-corrected chi connectivity index (χ4v) is 5.11. The average Bonchev–Trinajstić information content (AvgIpc) is 3.38. The Morgan fingerprint density at radius 1 is 0.889 bits per heavy atom. The van der Waals surface area contributed by atoms with Crippen molar-refractivity contribution in [2.75, 3.05) is 10.6 Å². The van der Waals surface area contributed by atoms with Crippen LogP contribution in [0.25, 0.3) is 5.83 Å². The third-order valence-corrected chi connectivity index (χ3v) is 7.22. The van der Waals surface area contributed by atoms with E-state index in [4.69, 9.17) is 46.4 Å². The molecule has 2 N–H and O–H groups in total. The van der Waals surface area contributed by atoms with E-state index in [1.54, 1.807) is 6.07 Å². The van der Waals surface area contributed by atoms with Crippen molar-refractivity contribution in [2.24, 2.45) is 5.92 Å². The average molecular weight is 574 g/mol. The molecule has 0 heterocycles. The van der Waals surface area contributed by atoms with Gasteiger partial charge in [-0.15, -0.1) is 23.2 Å². The summed E-state index contributed by atoms with van der Waals surface area (Å²) in [5, 5.41) is 5.07. The molecule has 0 bridgehead atoms. The number of alkyl halides is 2. The van der Waals surface area contributed by atoms with Crippen LogP contribution in [0.1, 0.15) is 27.4 Å². The van der Waals surface area contributed by atoms with Crippen molar-refractivity contribution in [3.8, 4) is 0 Å². The van der Waals surface area contributed by atoms with Crippen molar-refractivity contribution in [2.45, 2.75) is 10.3 Å². The molecule has 1 fully saturated rings. The molecular weight excluding hydrogens is 559 g/mol. The number of rotatable bonds is 6. The molecule has 4 nitrogen and oxygen atoms in total. The Labute approximate surface area is 224 Å². The van der Waals surface area contributed by atoms with Gasteiger partial charge < -0.3 is 10.6 Å². The first-order valence-corrected chi connectivity index (χ1v) is 11.8. The van der Waals surface area contributed by atoms with Gasteiger partial charge in [-0.1, -0.05) is 41.9 Å². The molecule has 0 aliphatic heterocycles. The quantitative estimate of drug-likeness (QED) is 0.294. The van der Waals surface area contributed by atoms with Crippen LogP contribution in [0, 0.1) is 17.6 Å². The molecule has 2 atom stereocenters. The Morgan fingerprint density at radius 2 is 1.61 bits per heavy atom. The van der Waals surface area contributed by atoms with Crippen LogP contribution in [0.5, 0.6) is 0 Å². The highest BCUT2D eigenvalue weighted by molar-refractivity contribution is 6.53. The van der Waals surface area contributed by atoms with Crippen LogP contribution >= 0.6 is 46.4 Å². The fraction of sp³-hybridized carbons (Fsp3) is 0.120. The van der Waals surface area contributed by atoms with Crippen LogP contribution in [0.3, 0.4) is 0 Å². The van der Waals surface area contributed by atoms with Crippen LogP contribution < -0.4 is 10.6 Å². The topological polar surface area (TPSA) is 58.2 Å². The minimum absolute atomic E-state index is 0.0329. The maximum absolute atomic E-state index is 13.9. The van der Waals surface area contributed by atoms with E-state index in [0.29, 0.717) is 11.6 Å². The Morgan fingerprint density at radius 3 is 2.25 bits per heavy atom. The number of benzene rings is 3. The first kappa shape index (κ1) is 26.4. The van der Waals surface area contributed by atoms with Crippen LogP contribution in [-0.4, -0.2) is 16.1 Å². The van der Waals surface area contributed by atoms with E-state index in [0.717, 1.165) is 12.1 Å². The molecule has 186 valence electrons. The largest absolute Gasteiger partial charge is 0.326 e. The molecule has 1 aliphatic rings. The highest BCUT2D eigenvalue weighted by Gasteiger charge is 2.67. The van der Waals surface area contributed by atoms with E-state index in [-0.39, 0.29) is 32.5 Å². The SMILES string of the molecule is C=C(F)c1ccc([C@H]2[C@H](C(=O)Nc3ccc(Cl)c(C(=O)Nc4ccc(F)cc4F)c3)C2(Cl)Cl)cc1Cl. The van der Waals surface area contributed by atoms with Crippen molar-refractivity contribution in [3.63, 3.8) is 0 Å². The number of carbonyl (C=O) groups is 2. The monoisotopic (exact) mass is 572 g/mol. The standard InChI is InChI=1S/C25H15Cl4F3N2O2/c1-11(30)15-5-2-12(8-18(15)27)21-22(25(21,28)29)24(36)33-14-4-6-17(26)16(10-14)23(35)34-20-7-3-13(31)9-19(20)32/h2-10,21-22H,1H2,(H,33,36)(H,34,35)/t21-,22+/m0/s1. The second-order valence-electron chi connectivity index (χ2n) is 8.04. The number of halogens is 7. The molecule has 3 aromatic rings. The molecule has 0 radical (unpaired) electrons. The Bertz CT molecular complexity index is 1410. The zero-order chi connectivity index (χ0) is 26.4. The molecular formula is C25H15Cl4F3N2O2. The van der Waals surface area contributed by atoms with E-state index in [1.165, 1.54) is 30.3 Å². The van der Waals surface area contributed by atoms with E-state index < -0.39 is 45.4 Å². The molecule has 1 aliphatic carbocycles. The number of anilines is 2. The lowest BCUT2D eigenvalue weighted by molar-refractivity contribution is -0.117. The normalized spacial score (nSPS) is 17.9. The number of nitrogens with one attached hydrogen (secondary N) is 2. The van der Waals surface area contributed by atoms with E-state index in [1.807, 2.05) is 0 Å². The van der Waals surface area contributed by atoms with Crippen LogP contribution in [-0.2, 0) is 4.79 Å². The summed E-state index contributed by atoms with van der Waals surface area (Å²) < 4.78 is 39.0. The molecule has 1 saturated carbocycles. The molecule has 0 spiro atoms. The Balaban J connectivity index is 1.51. The summed E-state index contributed by atoms with van der Waals surface area (Å²) in [6.45, 7) is 3.21. The highest BCUT2D eigenvalue weighted by Crippen LogP contribution is 2.65. The van der Waals surface area contributed by atoms with Gasteiger partial charge in [-0.25, -0.2) is 13.2 Å². The summed E-state index contributed by atoms with van der Waals surface area (Å²) in [7, 11) is 0. The summed E-state index contributed by atoms with van der Waals surface area (Å²) >= 11 is 25.0. The van der Waals surface area contributed by atoms with Crippen molar-refractivity contribution >= 4 is 75.4 Å². The predicted molar refractivity (Wildman–Crippen MR) is 137 cm³/mol. The summed E-state index contributed by atoms with van der Waals surface area (Å²) in [6, 6.07) is 11.2. The van der Waals surface area contributed by atoms with Gasteiger partial charge in [-0.3, -0.25) is 9.59 Å². The van der Waals surface area contributed by atoms with Gasteiger partial charge in [0.15, 0.2) is 0 Å². The van der Waals surface area contributed by atoms with Gasteiger partial charge in [0.25, 0.3) is 5.91 Å². The summed E-state index contributed by atoms with van der Waals surface area (Å²) in [5.41, 5.74) is 0.535. The van der Waals surface area contributed by atoms with E-state index >= 15 is 0 Å². The van der Waals surface area contributed by atoms with E-state index in [2.05, 4.69) is 17.2 Å². The lowest BCUT2D eigenvalue weighted by Crippen LogP contribution is -2.18. The first-order chi connectivity index (χ1) is 16.9. The summed E-state index contributed by atoms with van der Waals surface area (Å²) in [6.07, 6.45) is 0. The molecule has 36 heavy (non-hydrogen) atoms. The zero-order valence-corrected chi connectivity index (χ0v) is 21.0. The highest BCUT2D eigenvalue weighted by atomic mass is 35.5. The first-order valence-electron chi connectivity index (χ1n) is 10.3. The minimum atomic E-state index is -1.45. The van der Waals surface area contributed by atoms with Gasteiger partial charge in [-0.2, -0.15) is 0 Å². The maximum atomic E-state index is 13.9. The lowest BCUT2D eigenvalue weighted by Gasteiger charge is -2.11. The van der Waals surface area contributed by atoms with Crippen LogP contribution in [0.15, 0.2) is 61.2 Å². The smallest absolute Gasteiger partial charge is 0.257 e. The molecule has 11 heteroatoms. The number of carbonyl (C=O) groups excluding carboxylic acids is 2. The van der Waals surface area contributed by atoms with Crippen LogP contribution in [0.4, 0.5) is 24.5 Å².